The summed E-state index contributed by atoms with van der Waals surface area (Å²) in [5.41, 5.74) is 1.20. The first-order chi connectivity index (χ1) is 14.8. The number of rotatable bonds is 5. The first-order valence-corrected chi connectivity index (χ1v) is 12.0. The number of piperidine rings is 1. The molecule has 2 aliphatic heterocycles. The van der Waals surface area contributed by atoms with Gasteiger partial charge in [-0.15, -0.1) is 4.40 Å². The van der Waals surface area contributed by atoms with Gasteiger partial charge in [0.1, 0.15) is 16.5 Å². The average Bonchev–Trinajstić information content (AvgIpc) is 3.35. The zero-order valence-corrected chi connectivity index (χ0v) is 18.7. The summed E-state index contributed by atoms with van der Waals surface area (Å²) in [7, 11) is -3.77. The van der Waals surface area contributed by atoms with Crippen molar-refractivity contribution in [2.75, 3.05) is 19.6 Å². The minimum atomic E-state index is -3.77. The molecule has 0 unspecified atom stereocenters. The molecule has 2 aliphatic rings. The van der Waals surface area contributed by atoms with E-state index in [1.165, 1.54) is 0 Å². The van der Waals surface area contributed by atoms with Crippen LogP contribution < -0.4 is 5.32 Å². The van der Waals surface area contributed by atoms with E-state index in [4.69, 9.17) is 16.0 Å². The summed E-state index contributed by atoms with van der Waals surface area (Å²) in [5.74, 6) is 1.25. The first kappa shape index (κ1) is 21.6. The largest absolute Gasteiger partial charge is 0.469 e. The smallest absolute Gasteiger partial charge is 0.285 e. The molecule has 7 nitrogen and oxygen atoms in total. The highest BCUT2D eigenvalue weighted by atomic mass is 35.5. The predicted molar refractivity (Wildman–Crippen MR) is 120 cm³/mol. The number of furan rings is 1. The number of benzene rings is 1. The normalized spacial score (nSPS) is 18.9. The number of amides is 1. The van der Waals surface area contributed by atoms with Gasteiger partial charge in [-0.3, -0.25) is 4.79 Å². The Labute approximate surface area is 186 Å². The lowest BCUT2D eigenvalue weighted by Gasteiger charge is -2.32. The molecular weight excluding hydrogens is 438 g/mol. The van der Waals surface area contributed by atoms with E-state index in [1.54, 1.807) is 37.5 Å². The quantitative estimate of drug-likeness (QED) is 0.736. The molecule has 1 saturated heterocycles. The van der Waals surface area contributed by atoms with Gasteiger partial charge in [0.05, 0.1) is 6.26 Å². The maximum Gasteiger partial charge on any atom is 0.285 e. The highest BCUT2D eigenvalue weighted by Crippen LogP contribution is 2.35. The molecule has 1 N–H and O–H groups in total. The SMILES string of the molecule is CC1=C(c2ccc(Cl)cc2)S(=O)(=O)N=C1N1CCC(C(=O)NCCc2ccco2)CC1. The summed E-state index contributed by atoms with van der Waals surface area (Å²) in [6.07, 6.45) is 3.57. The molecule has 3 heterocycles. The highest BCUT2D eigenvalue weighted by Gasteiger charge is 2.35. The lowest BCUT2D eigenvalue weighted by Crippen LogP contribution is -2.43. The van der Waals surface area contributed by atoms with Crippen molar-refractivity contribution >= 4 is 38.3 Å². The van der Waals surface area contributed by atoms with Gasteiger partial charge in [-0.25, -0.2) is 0 Å². The van der Waals surface area contributed by atoms with Crippen LogP contribution in [0.4, 0.5) is 0 Å². The summed E-state index contributed by atoms with van der Waals surface area (Å²) >= 11 is 5.93. The van der Waals surface area contributed by atoms with Crippen molar-refractivity contribution in [3.8, 4) is 0 Å². The number of carbonyl (C=O) groups excluding carboxylic acids is 1. The highest BCUT2D eigenvalue weighted by molar-refractivity contribution is 8.00. The number of halogens is 1. The molecule has 1 aromatic heterocycles. The predicted octanol–water partition coefficient (Wildman–Crippen LogP) is 3.48. The van der Waals surface area contributed by atoms with Crippen LogP contribution in [0.25, 0.3) is 4.91 Å². The van der Waals surface area contributed by atoms with Gasteiger partial charge in [-0.1, -0.05) is 23.7 Å². The number of likely N-dealkylation sites (tertiary alicyclic amines) is 1. The summed E-state index contributed by atoms with van der Waals surface area (Å²) in [6.45, 7) is 3.47. The zero-order chi connectivity index (χ0) is 22.0. The Bertz CT molecular complexity index is 1110. The summed E-state index contributed by atoms with van der Waals surface area (Å²) in [5, 5.41) is 3.51. The Kier molecular flexibility index (Phi) is 6.20. The van der Waals surface area contributed by atoms with Gasteiger partial charge >= 0.3 is 0 Å². The Morgan fingerprint density at radius 1 is 1.23 bits per heavy atom. The summed E-state index contributed by atoms with van der Waals surface area (Å²) in [6, 6.07) is 10.4. The van der Waals surface area contributed by atoms with Crippen molar-refractivity contribution < 1.29 is 17.6 Å². The van der Waals surface area contributed by atoms with Gasteiger partial charge in [-0.2, -0.15) is 8.42 Å². The number of nitrogens with one attached hydrogen (secondary N) is 1. The Morgan fingerprint density at radius 2 is 1.94 bits per heavy atom. The van der Waals surface area contributed by atoms with E-state index in [9.17, 15) is 13.2 Å². The van der Waals surface area contributed by atoms with E-state index in [2.05, 4.69) is 9.71 Å². The van der Waals surface area contributed by atoms with Gasteiger partial charge in [0.25, 0.3) is 10.0 Å². The molecule has 0 radical (unpaired) electrons. The van der Waals surface area contributed by atoms with Gasteiger partial charge in [0, 0.05) is 42.6 Å². The maximum atomic E-state index is 12.7. The van der Waals surface area contributed by atoms with Crippen LogP contribution in [-0.4, -0.2) is 44.7 Å². The molecule has 1 aromatic carbocycles. The Hall–Kier alpha value is -2.58. The van der Waals surface area contributed by atoms with Crippen LogP contribution in [-0.2, 0) is 21.2 Å². The van der Waals surface area contributed by atoms with Gasteiger partial charge in [-0.05, 0) is 49.6 Å². The molecule has 0 bridgehead atoms. The summed E-state index contributed by atoms with van der Waals surface area (Å²) < 4.78 is 34.8. The molecule has 31 heavy (non-hydrogen) atoms. The molecule has 4 rings (SSSR count). The fourth-order valence-corrected chi connectivity index (χ4v) is 5.66. The molecular formula is C22H24ClN3O4S. The van der Waals surface area contributed by atoms with Crippen molar-refractivity contribution in [3.05, 3.63) is 64.6 Å². The number of nitrogens with zero attached hydrogens (tertiary/aromatic N) is 2. The molecule has 0 atom stereocenters. The Balaban J connectivity index is 1.38. The van der Waals surface area contributed by atoms with Crippen molar-refractivity contribution in [1.82, 2.24) is 10.2 Å². The van der Waals surface area contributed by atoms with E-state index >= 15 is 0 Å². The van der Waals surface area contributed by atoms with Crippen molar-refractivity contribution in [2.45, 2.75) is 26.2 Å². The van der Waals surface area contributed by atoms with E-state index in [0.29, 0.717) is 60.9 Å². The van der Waals surface area contributed by atoms with Gasteiger partial charge in [0.15, 0.2) is 0 Å². The van der Waals surface area contributed by atoms with Crippen LogP contribution >= 0.6 is 11.6 Å². The molecule has 0 aliphatic carbocycles. The minimum Gasteiger partial charge on any atom is -0.469 e. The van der Waals surface area contributed by atoms with Crippen LogP contribution in [0.5, 0.6) is 0 Å². The molecule has 1 fully saturated rings. The molecule has 9 heteroatoms. The molecule has 164 valence electrons. The van der Waals surface area contributed by atoms with Crippen molar-refractivity contribution in [2.24, 2.45) is 10.3 Å². The van der Waals surface area contributed by atoms with E-state index in [0.717, 1.165) is 5.76 Å². The van der Waals surface area contributed by atoms with E-state index in [-0.39, 0.29) is 16.7 Å². The number of hydrogen-bond acceptors (Lipinski definition) is 5. The van der Waals surface area contributed by atoms with Gasteiger partial charge in [0.2, 0.25) is 5.91 Å². The molecule has 0 spiro atoms. The lowest BCUT2D eigenvalue weighted by molar-refractivity contribution is -0.126. The number of sulfonamides is 1. The Morgan fingerprint density at radius 3 is 2.58 bits per heavy atom. The minimum absolute atomic E-state index is 0.0290. The monoisotopic (exact) mass is 461 g/mol. The van der Waals surface area contributed by atoms with Crippen LogP contribution in [0.3, 0.4) is 0 Å². The van der Waals surface area contributed by atoms with Crippen LogP contribution in [0.1, 0.15) is 31.1 Å². The van der Waals surface area contributed by atoms with Gasteiger partial charge < -0.3 is 14.6 Å². The van der Waals surface area contributed by atoms with E-state index in [1.807, 2.05) is 17.0 Å². The van der Waals surface area contributed by atoms with E-state index < -0.39 is 10.0 Å². The second-order valence-corrected chi connectivity index (χ2v) is 9.71. The average molecular weight is 462 g/mol. The number of hydrogen-bond donors (Lipinski definition) is 1. The fraction of sp³-hybridized carbons (Fsp3) is 0.364. The topological polar surface area (TPSA) is 92.0 Å². The lowest BCUT2D eigenvalue weighted by atomic mass is 9.95. The summed E-state index contributed by atoms with van der Waals surface area (Å²) in [4.78, 5) is 14.7. The molecule has 0 saturated carbocycles. The van der Waals surface area contributed by atoms with Crippen LogP contribution in [0.15, 0.2) is 57.0 Å². The van der Waals surface area contributed by atoms with Crippen LogP contribution in [0.2, 0.25) is 5.02 Å². The number of amidine groups is 1. The molecule has 1 amide bonds. The third-order valence-electron chi connectivity index (χ3n) is 5.66. The second kappa shape index (κ2) is 8.88. The standard InChI is InChI=1S/C22H24ClN3O4S/c1-15-20(16-4-6-18(23)7-5-16)31(28,29)25-21(15)26-12-9-17(10-13-26)22(27)24-11-8-19-3-2-14-30-19/h2-7,14,17H,8-13H2,1H3,(H,24,27). The van der Waals surface area contributed by atoms with Crippen molar-refractivity contribution in [1.29, 1.82) is 0 Å². The zero-order valence-electron chi connectivity index (χ0n) is 17.2. The first-order valence-electron chi connectivity index (χ1n) is 10.2. The van der Waals surface area contributed by atoms with Crippen LogP contribution in [0, 0.1) is 5.92 Å². The fourth-order valence-electron chi connectivity index (χ4n) is 4.05. The molecule has 2 aromatic rings. The third-order valence-corrected chi connectivity index (χ3v) is 7.39. The maximum absolute atomic E-state index is 12.7. The number of carbonyl (C=O) groups is 1. The van der Waals surface area contributed by atoms with Crippen molar-refractivity contribution in [3.63, 3.8) is 0 Å². The second-order valence-electron chi connectivity index (χ2n) is 7.73. The third kappa shape index (κ3) is 4.70.